The highest BCUT2D eigenvalue weighted by Crippen LogP contribution is 2.13. The molecule has 22 heavy (non-hydrogen) atoms. The van der Waals surface area contributed by atoms with E-state index in [-0.39, 0.29) is 5.97 Å². The first-order chi connectivity index (χ1) is 10.4. The Labute approximate surface area is 134 Å². The van der Waals surface area contributed by atoms with Gasteiger partial charge in [0.1, 0.15) is 5.75 Å². The number of hydrogen-bond acceptors (Lipinski definition) is 4. The van der Waals surface area contributed by atoms with Gasteiger partial charge in [0, 0.05) is 18.6 Å². The van der Waals surface area contributed by atoms with Crippen LogP contribution in [0.5, 0.6) is 5.75 Å². The van der Waals surface area contributed by atoms with Crippen LogP contribution in [0.15, 0.2) is 24.3 Å². The number of carbonyl (C=O) groups is 1. The Morgan fingerprint density at radius 3 is 2.18 bits per heavy atom. The minimum Gasteiger partial charge on any atom is -0.494 e. The van der Waals surface area contributed by atoms with E-state index in [0.717, 1.165) is 24.3 Å². The van der Waals surface area contributed by atoms with Gasteiger partial charge >= 0.3 is 5.97 Å². The molecule has 124 valence electrons. The van der Waals surface area contributed by atoms with Crippen LogP contribution in [0.1, 0.15) is 39.7 Å². The van der Waals surface area contributed by atoms with E-state index in [9.17, 15) is 4.79 Å². The maximum absolute atomic E-state index is 11.2. The third-order valence-corrected chi connectivity index (χ3v) is 3.66. The third kappa shape index (κ3) is 6.48. The van der Waals surface area contributed by atoms with Crippen LogP contribution in [0.2, 0.25) is 0 Å². The molecule has 0 fully saturated rings. The molecule has 1 aromatic rings. The van der Waals surface area contributed by atoms with E-state index < -0.39 is 0 Å². The lowest BCUT2D eigenvalue weighted by Gasteiger charge is -2.30. The topological polar surface area (TPSA) is 38.8 Å². The van der Waals surface area contributed by atoms with Crippen LogP contribution >= 0.6 is 0 Å². The summed E-state index contributed by atoms with van der Waals surface area (Å²) < 4.78 is 10.4. The molecule has 0 saturated carbocycles. The Bertz CT molecular complexity index is 432. The standard InChI is InChI=1S/C18H29NO3/c1-14(2)19(15(3)4)11-6-12-22-17-9-7-16(8-10-17)13-18(20)21-5/h7-10,14-15H,6,11-13H2,1-5H3. The van der Waals surface area contributed by atoms with Gasteiger partial charge in [0.05, 0.1) is 20.1 Å². The van der Waals surface area contributed by atoms with Crippen molar-refractivity contribution in [2.24, 2.45) is 0 Å². The van der Waals surface area contributed by atoms with E-state index in [2.05, 4.69) is 37.3 Å². The van der Waals surface area contributed by atoms with Gasteiger partial charge < -0.3 is 9.47 Å². The molecule has 0 saturated heterocycles. The highest BCUT2D eigenvalue weighted by Gasteiger charge is 2.12. The zero-order valence-electron chi connectivity index (χ0n) is 14.5. The van der Waals surface area contributed by atoms with Crippen molar-refractivity contribution in [1.82, 2.24) is 4.90 Å². The van der Waals surface area contributed by atoms with Crippen LogP contribution in [0.4, 0.5) is 0 Å². The van der Waals surface area contributed by atoms with E-state index in [1.807, 2.05) is 24.3 Å². The summed E-state index contributed by atoms with van der Waals surface area (Å²) in [5.74, 6) is 0.616. The molecule has 0 aliphatic carbocycles. The predicted octanol–water partition coefficient (Wildman–Crippen LogP) is 3.29. The molecule has 0 aliphatic rings. The zero-order chi connectivity index (χ0) is 16.5. The molecule has 1 aromatic carbocycles. The third-order valence-electron chi connectivity index (χ3n) is 3.66. The number of rotatable bonds is 9. The molecule has 1 rings (SSSR count). The summed E-state index contributed by atoms with van der Waals surface area (Å²) in [6, 6.07) is 8.72. The molecule has 4 heteroatoms. The molecule has 0 N–H and O–H groups in total. The van der Waals surface area contributed by atoms with E-state index in [1.165, 1.54) is 7.11 Å². The fourth-order valence-corrected chi connectivity index (χ4v) is 2.49. The van der Waals surface area contributed by atoms with Crippen molar-refractivity contribution < 1.29 is 14.3 Å². The van der Waals surface area contributed by atoms with Crippen molar-refractivity contribution in [2.75, 3.05) is 20.3 Å². The average molecular weight is 307 g/mol. The number of nitrogens with zero attached hydrogens (tertiary/aromatic N) is 1. The first-order valence-corrected chi connectivity index (χ1v) is 7.98. The zero-order valence-corrected chi connectivity index (χ0v) is 14.5. The van der Waals surface area contributed by atoms with Crippen molar-refractivity contribution in [2.45, 2.75) is 52.6 Å². The van der Waals surface area contributed by atoms with E-state index >= 15 is 0 Å². The Morgan fingerprint density at radius 1 is 1.09 bits per heavy atom. The van der Waals surface area contributed by atoms with Gasteiger partial charge in [-0.15, -0.1) is 0 Å². The van der Waals surface area contributed by atoms with Gasteiger partial charge in [0.25, 0.3) is 0 Å². The monoisotopic (exact) mass is 307 g/mol. The van der Waals surface area contributed by atoms with Crippen molar-refractivity contribution in [3.63, 3.8) is 0 Å². The van der Waals surface area contributed by atoms with Crippen LogP contribution in [0, 0.1) is 0 Å². The minimum atomic E-state index is -0.226. The van der Waals surface area contributed by atoms with Crippen LogP contribution in [-0.2, 0) is 16.0 Å². The minimum absolute atomic E-state index is 0.226. The molecule has 0 aromatic heterocycles. The molecule has 0 heterocycles. The van der Waals surface area contributed by atoms with Crippen molar-refractivity contribution in [1.29, 1.82) is 0 Å². The predicted molar refractivity (Wildman–Crippen MR) is 89.3 cm³/mol. The lowest BCUT2D eigenvalue weighted by Crippen LogP contribution is -2.38. The Kier molecular flexibility index (Phi) is 7.96. The first kappa shape index (κ1) is 18.5. The van der Waals surface area contributed by atoms with Gasteiger partial charge in [-0.2, -0.15) is 0 Å². The van der Waals surface area contributed by atoms with E-state index in [0.29, 0.717) is 25.1 Å². The average Bonchev–Trinajstić information content (AvgIpc) is 2.47. The maximum atomic E-state index is 11.2. The highest BCUT2D eigenvalue weighted by molar-refractivity contribution is 5.72. The lowest BCUT2D eigenvalue weighted by atomic mass is 10.1. The fourth-order valence-electron chi connectivity index (χ4n) is 2.49. The van der Waals surface area contributed by atoms with Gasteiger partial charge in [-0.25, -0.2) is 0 Å². The molecule has 4 nitrogen and oxygen atoms in total. The molecule has 0 unspecified atom stereocenters. The first-order valence-electron chi connectivity index (χ1n) is 7.98. The molecule has 0 spiro atoms. The van der Waals surface area contributed by atoms with Crippen LogP contribution in [0.25, 0.3) is 0 Å². The van der Waals surface area contributed by atoms with Crippen LogP contribution < -0.4 is 4.74 Å². The van der Waals surface area contributed by atoms with Crippen molar-refractivity contribution in [3.05, 3.63) is 29.8 Å². The molecule has 0 bridgehead atoms. The lowest BCUT2D eigenvalue weighted by molar-refractivity contribution is -0.139. The van der Waals surface area contributed by atoms with Gasteiger partial charge in [-0.3, -0.25) is 9.69 Å². The van der Waals surface area contributed by atoms with E-state index in [1.54, 1.807) is 0 Å². The molecule has 0 amide bonds. The van der Waals surface area contributed by atoms with Crippen LogP contribution in [0.3, 0.4) is 0 Å². The second-order valence-electron chi connectivity index (χ2n) is 6.02. The second kappa shape index (κ2) is 9.46. The van der Waals surface area contributed by atoms with Crippen molar-refractivity contribution in [3.8, 4) is 5.75 Å². The summed E-state index contributed by atoms with van der Waals surface area (Å²) in [6.07, 6.45) is 1.30. The van der Waals surface area contributed by atoms with E-state index in [4.69, 9.17) is 4.74 Å². The Hall–Kier alpha value is -1.55. The number of methoxy groups -OCH3 is 1. The summed E-state index contributed by atoms with van der Waals surface area (Å²) in [5, 5.41) is 0. The fraction of sp³-hybridized carbons (Fsp3) is 0.611. The smallest absolute Gasteiger partial charge is 0.309 e. The second-order valence-corrected chi connectivity index (χ2v) is 6.02. The van der Waals surface area contributed by atoms with Crippen LogP contribution in [-0.4, -0.2) is 43.2 Å². The molecular formula is C18H29NO3. The number of carbonyl (C=O) groups excluding carboxylic acids is 1. The largest absolute Gasteiger partial charge is 0.494 e. The molecular weight excluding hydrogens is 278 g/mol. The summed E-state index contributed by atoms with van der Waals surface area (Å²) in [5.41, 5.74) is 0.935. The summed E-state index contributed by atoms with van der Waals surface area (Å²) in [7, 11) is 1.40. The van der Waals surface area contributed by atoms with Gasteiger partial charge in [0.15, 0.2) is 0 Å². The summed E-state index contributed by atoms with van der Waals surface area (Å²) in [6.45, 7) is 10.6. The quantitative estimate of drug-likeness (QED) is 0.518. The molecule has 0 aliphatic heterocycles. The highest BCUT2D eigenvalue weighted by atomic mass is 16.5. The normalized spacial score (nSPS) is 11.3. The number of hydrogen-bond donors (Lipinski definition) is 0. The van der Waals surface area contributed by atoms with Gasteiger partial charge in [-0.05, 0) is 51.8 Å². The summed E-state index contributed by atoms with van der Waals surface area (Å²) >= 11 is 0. The number of benzene rings is 1. The summed E-state index contributed by atoms with van der Waals surface area (Å²) in [4.78, 5) is 13.7. The van der Waals surface area contributed by atoms with Gasteiger partial charge in [-0.1, -0.05) is 12.1 Å². The molecule has 0 radical (unpaired) electrons. The number of esters is 1. The van der Waals surface area contributed by atoms with Crippen molar-refractivity contribution >= 4 is 5.97 Å². The number of ether oxygens (including phenoxy) is 2. The molecule has 0 atom stereocenters. The van der Waals surface area contributed by atoms with Gasteiger partial charge in [0.2, 0.25) is 0 Å². The maximum Gasteiger partial charge on any atom is 0.309 e. The Balaban J connectivity index is 2.34. The SMILES string of the molecule is COC(=O)Cc1ccc(OCCCN(C(C)C)C(C)C)cc1. The Morgan fingerprint density at radius 2 is 1.68 bits per heavy atom.